The Balaban J connectivity index is 2.46. The number of fused-ring (bicyclic) bond motifs is 1. The second-order valence-electron chi connectivity index (χ2n) is 6.85. The zero-order chi connectivity index (χ0) is 13.0. The predicted octanol–water partition coefficient (Wildman–Crippen LogP) is 1.72. The van der Waals surface area contributed by atoms with Crippen molar-refractivity contribution < 1.29 is 5.11 Å². The lowest BCUT2D eigenvalue weighted by Crippen LogP contribution is -2.64. The molecule has 3 atom stereocenters. The number of hydrogen-bond donors (Lipinski definition) is 2. The van der Waals surface area contributed by atoms with Gasteiger partial charge in [-0.05, 0) is 26.7 Å². The molecule has 0 aromatic carbocycles. The summed E-state index contributed by atoms with van der Waals surface area (Å²) < 4.78 is 0. The van der Waals surface area contributed by atoms with Crippen LogP contribution in [0, 0.1) is 11.3 Å². The number of nitrogens with zero attached hydrogens (tertiary/aromatic N) is 1. The molecular weight excluding hydrogens is 212 g/mol. The highest BCUT2D eigenvalue weighted by Crippen LogP contribution is 2.51. The number of nitrogens with two attached hydrogens (primary N) is 1. The molecule has 3 N–H and O–H groups in total. The Labute approximate surface area is 105 Å². The van der Waals surface area contributed by atoms with Gasteiger partial charge in [-0.1, -0.05) is 19.9 Å². The van der Waals surface area contributed by atoms with E-state index < -0.39 is 0 Å². The van der Waals surface area contributed by atoms with Crippen LogP contribution < -0.4 is 5.73 Å². The molecule has 3 nitrogen and oxygen atoms in total. The van der Waals surface area contributed by atoms with Crippen LogP contribution in [-0.4, -0.2) is 34.7 Å². The minimum Gasteiger partial charge on any atom is -0.390 e. The van der Waals surface area contributed by atoms with Crippen LogP contribution >= 0.6 is 0 Å². The van der Waals surface area contributed by atoms with Gasteiger partial charge in [0, 0.05) is 30.1 Å². The first-order valence-corrected chi connectivity index (χ1v) is 6.56. The molecule has 1 fully saturated rings. The number of allylic oxidation sites excluding steroid dienone is 1. The highest BCUT2D eigenvalue weighted by atomic mass is 16.3. The Bertz CT molecular complexity index is 346. The summed E-state index contributed by atoms with van der Waals surface area (Å²) in [5.41, 5.74) is 7.12. The third-order valence-corrected chi connectivity index (χ3v) is 5.05. The molecule has 1 aliphatic heterocycles. The summed E-state index contributed by atoms with van der Waals surface area (Å²) in [6, 6.07) is 0.241. The Morgan fingerprint density at radius 1 is 1.35 bits per heavy atom. The molecule has 2 rings (SSSR count). The zero-order valence-electron chi connectivity index (χ0n) is 11.7. The van der Waals surface area contributed by atoms with Gasteiger partial charge in [-0.2, -0.15) is 0 Å². The van der Waals surface area contributed by atoms with Crippen molar-refractivity contribution in [2.24, 2.45) is 17.1 Å². The predicted molar refractivity (Wildman–Crippen MR) is 70.4 cm³/mol. The number of aliphatic hydroxyl groups excluding tert-OH is 1. The van der Waals surface area contributed by atoms with Crippen LogP contribution in [0.1, 0.15) is 40.5 Å². The Morgan fingerprint density at radius 3 is 2.53 bits per heavy atom. The Morgan fingerprint density at radius 2 is 1.94 bits per heavy atom. The van der Waals surface area contributed by atoms with Crippen molar-refractivity contribution in [2.75, 3.05) is 7.05 Å². The summed E-state index contributed by atoms with van der Waals surface area (Å²) in [6.07, 6.45) is 3.87. The summed E-state index contributed by atoms with van der Waals surface area (Å²) in [6.45, 7) is 8.57. The van der Waals surface area contributed by atoms with Gasteiger partial charge in [-0.15, -0.1) is 0 Å². The molecule has 0 radical (unpaired) electrons. The SMILES string of the molecule is CN1C2=CCC(N)CC2C(C)(C)C(O)C1(C)C. The normalized spacial score (nSPS) is 39.6. The molecule has 3 heteroatoms. The van der Waals surface area contributed by atoms with Crippen molar-refractivity contribution in [1.29, 1.82) is 0 Å². The minimum atomic E-state index is -0.340. The van der Waals surface area contributed by atoms with Gasteiger partial charge < -0.3 is 15.7 Å². The van der Waals surface area contributed by atoms with Crippen molar-refractivity contribution in [3.8, 4) is 0 Å². The molecule has 0 spiro atoms. The van der Waals surface area contributed by atoms with E-state index in [0.717, 1.165) is 12.8 Å². The molecule has 0 bridgehead atoms. The fourth-order valence-electron chi connectivity index (χ4n) is 3.61. The van der Waals surface area contributed by atoms with E-state index in [1.54, 1.807) is 0 Å². The summed E-state index contributed by atoms with van der Waals surface area (Å²) in [5.74, 6) is 0.374. The van der Waals surface area contributed by atoms with Gasteiger partial charge in [0.15, 0.2) is 0 Å². The van der Waals surface area contributed by atoms with Gasteiger partial charge in [-0.3, -0.25) is 0 Å². The zero-order valence-corrected chi connectivity index (χ0v) is 11.7. The van der Waals surface area contributed by atoms with E-state index in [4.69, 9.17) is 5.73 Å². The van der Waals surface area contributed by atoms with Gasteiger partial charge in [0.05, 0.1) is 11.6 Å². The van der Waals surface area contributed by atoms with Crippen LogP contribution in [0.15, 0.2) is 11.8 Å². The van der Waals surface area contributed by atoms with Crippen LogP contribution in [0.25, 0.3) is 0 Å². The van der Waals surface area contributed by atoms with E-state index in [-0.39, 0.29) is 23.1 Å². The maximum atomic E-state index is 10.7. The minimum absolute atomic E-state index is 0.111. The molecule has 1 saturated heterocycles. The molecule has 1 heterocycles. The maximum Gasteiger partial charge on any atom is 0.0823 e. The molecule has 98 valence electrons. The van der Waals surface area contributed by atoms with Gasteiger partial charge >= 0.3 is 0 Å². The number of likely N-dealkylation sites (N-methyl/N-ethyl adjacent to an activating group) is 1. The van der Waals surface area contributed by atoms with Crippen LogP contribution in [0.4, 0.5) is 0 Å². The van der Waals surface area contributed by atoms with Crippen molar-refractivity contribution in [3.63, 3.8) is 0 Å². The van der Waals surface area contributed by atoms with Crippen LogP contribution in [0.3, 0.4) is 0 Å². The first-order valence-electron chi connectivity index (χ1n) is 6.56. The molecule has 17 heavy (non-hydrogen) atoms. The van der Waals surface area contributed by atoms with Gasteiger partial charge in [0.2, 0.25) is 0 Å². The first-order chi connectivity index (χ1) is 7.69. The van der Waals surface area contributed by atoms with Crippen LogP contribution in [-0.2, 0) is 0 Å². The molecule has 2 aliphatic rings. The standard InChI is InChI=1S/C14H26N2O/c1-13(2)10-8-9(15)6-7-11(10)16(5)14(3,4)12(13)17/h7,9-10,12,17H,6,8,15H2,1-5H3. The lowest BCUT2D eigenvalue weighted by molar-refractivity contribution is -0.116. The van der Waals surface area contributed by atoms with Gasteiger partial charge in [0.1, 0.15) is 0 Å². The second kappa shape index (κ2) is 3.72. The largest absolute Gasteiger partial charge is 0.390 e. The fourth-order valence-corrected chi connectivity index (χ4v) is 3.61. The second-order valence-corrected chi connectivity index (χ2v) is 6.85. The van der Waals surface area contributed by atoms with Crippen molar-refractivity contribution in [2.45, 2.75) is 58.2 Å². The summed E-state index contributed by atoms with van der Waals surface area (Å²) in [5, 5.41) is 10.7. The van der Waals surface area contributed by atoms with Gasteiger partial charge in [0.25, 0.3) is 0 Å². The monoisotopic (exact) mass is 238 g/mol. The topological polar surface area (TPSA) is 49.5 Å². The smallest absolute Gasteiger partial charge is 0.0823 e. The van der Waals surface area contributed by atoms with Crippen molar-refractivity contribution in [1.82, 2.24) is 4.90 Å². The molecule has 0 saturated carbocycles. The lowest BCUT2D eigenvalue weighted by atomic mass is 9.60. The molecule has 3 unspecified atom stereocenters. The number of likely N-dealkylation sites (tertiary alicyclic amines) is 1. The number of rotatable bonds is 0. The van der Waals surface area contributed by atoms with Crippen LogP contribution in [0.2, 0.25) is 0 Å². The van der Waals surface area contributed by atoms with E-state index in [1.165, 1.54) is 5.70 Å². The van der Waals surface area contributed by atoms with E-state index in [9.17, 15) is 5.11 Å². The van der Waals surface area contributed by atoms with Crippen molar-refractivity contribution >= 4 is 0 Å². The summed E-state index contributed by atoms with van der Waals surface area (Å²) >= 11 is 0. The molecule has 1 aliphatic carbocycles. The Hall–Kier alpha value is -0.540. The third-order valence-electron chi connectivity index (χ3n) is 5.05. The highest BCUT2D eigenvalue weighted by Gasteiger charge is 2.54. The van der Waals surface area contributed by atoms with E-state index in [1.807, 2.05) is 0 Å². The quantitative estimate of drug-likeness (QED) is 0.675. The van der Waals surface area contributed by atoms with E-state index >= 15 is 0 Å². The molecule has 0 aromatic heterocycles. The summed E-state index contributed by atoms with van der Waals surface area (Å²) in [7, 11) is 2.09. The van der Waals surface area contributed by atoms with Crippen LogP contribution in [0.5, 0.6) is 0 Å². The average molecular weight is 238 g/mol. The lowest BCUT2D eigenvalue weighted by Gasteiger charge is -2.59. The summed E-state index contributed by atoms with van der Waals surface area (Å²) in [4.78, 5) is 2.25. The number of aliphatic hydroxyl groups is 1. The molecule has 0 aromatic rings. The van der Waals surface area contributed by atoms with E-state index in [2.05, 4.69) is 45.7 Å². The Kier molecular flexibility index (Phi) is 2.83. The number of piperidine rings is 1. The number of hydrogen-bond acceptors (Lipinski definition) is 3. The van der Waals surface area contributed by atoms with Crippen molar-refractivity contribution in [3.05, 3.63) is 11.8 Å². The van der Waals surface area contributed by atoms with E-state index in [0.29, 0.717) is 5.92 Å². The molecular formula is C14H26N2O. The fraction of sp³-hybridized carbons (Fsp3) is 0.857. The third kappa shape index (κ3) is 1.71. The maximum absolute atomic E-state index is 10.7. The molecule has 0 amide bonds. The van der Waals surface area contributed by atoms with Gasteiger partial charge in [-0.25, -0.2) is 0 Å². The average Bonchev–Trinajstić information content (AvgIpc) is 2.25. The first kappa shape index (κ1) is 12.9. The highest BCUT2D eigenvalue weighted by molar-refractivity contribution is 5.23.